The summed E-state index contributed by atoms with van der Waals surface area (Å²) in [5, 5.41) is 3.81. The molecular formula is C23H21N3O2. The lowest BCUT2D eigenvalue weighted by molar-refractivity contribution is -0.118. The van der Waals surface area contributed by atoms with Crippen LogP contribution in [-0.2, 0) is 11.2 Å². The molecule has 2 aliphatic rings. The molecule has 1 fully saturated rings. The predicted octanol–water partition coefficient (Wildman–Crippen LogP) is 4.17. The van der Waals surface area contributed by atoms with Crippen LogP contribution in [0.4, 0.5) is 10.5 Å². The van der Waals surface area contributed by atoms with Crippen molar-refractivity contribution in [3.8, 4) is 0 Å². The Labute approximate surface area is 163 Å². The minimum atomic E-state index is -0.498. The predicted molar refractivity (Wildman–Crippen MR) is 108 cm³/mol. The number of pyridine rings is 1. The van der Waals surface area contributed by atoms with Crippen molar-refractivity contribution in [2.75, 3.05) is 4.90 Å². The van der Waals surface area contributed by atoms with Crippen molar-refractivity contribution in [2.45, 2.75) is 37.6 Å². The fourth-order valence-electron chi connectivity index (χ4n) is 4.57. The molecule has 2 heterocycles. The summed E-state index contributed by atoms with van der Waals surface area (Å²) in [6, 6.07) is 16.9. The quantitative estimate of drug-likeness (QED) is 0.703. The summed E-state index contributed by atoms with van der Waals surface area (Å²) in [5.41, 5.74) is 3.90. The van der Waals surface area contributed by atoms with Crippen molar-refractivity contribution in [2.24, 2.45) is 0 Å². The Morgan fingerprint density at radius 1 is 1.04 bits per heavy atom. The van der Waals surface area contributed by atoms with Gasteiger partial charge < -0.3 is 5.32 Å². The Morgan fingerprint density at radius 3 is 2.82 bits per heavy atom. The van der Waals surface area contributed by atoms with Crippen LogP contribution in [0.5, 0.6) is 0 Å². The molecule has 0 saturated carbocycles. The highest BCUT2D eigenvalue weighted by molar-refractivity contribution is 6.23. The van der Waals surface area contributed by atoms with Crippen molar-refractivity contribution in [3.63, 3.8) is 0 Å². The van der Waals surface area contributed by atoms with Crippen molar-refractivity contribution in [1.29, 1.82) is 0 Å². The Hall–Kier alpha value is -3.21. The number of benzene rings is 2. The van der Waals surface area contributed by atoms with Gasteiger partial charge in [-0.3, -0.25) is 9.78 Å². The third kappa shape index (κ3) is 2.74. The maximum Gasteiger partial charge on any atom is 0.329 e. The van der Waals surface area contributed by atoms with E-state index in [1.165, 1.54) is 16.0 Å². The maximum absolute atomic E-state index is 13.2. The molecule has 0 spiro atoms. The third-order valence-electron chi connectivity index (χ3n) is 5.89. The highest BCUT2D eigenvalue weighted by Crippen LogP contribution is 2.36. The van der Waals surface area contributed by atoms with Gasteiger partial charge in [0.05, 0.1) is 11.2 Å². The average Bonchev–Trinajstić information content (AvgIpc) is 3.01. The van der Waals surface area contributed by atoms with Gasteiger partial charge in [0, 0.05) is 11.6 Å². The first-order valence-corrected chi connectivity index (χ1v) is 9.78. The first-order chi connectivity index (χ1) is 13.7. The van der Waals surface area contributed by atoms with Crippen LogP contribution in [-0.4, -0.2) is 23.0 Å². The highest BCUT2D eigenvalue weighted by atomic mass is 16.2. The van der Waals surface area contributed by atoms with Crippen molar-refractivity contribution >= 4 is 28.5 Å². The molecule has 0 bridgehead atoms. The average molecular weight is 371 g/mol. The Bertz CT molecular complexity index is 1070. The van der Waals surface area contributed by atoms with Crippen molar-refractivity contribution in [1.82, 2.24) is 10.3 Å². The molecular weight excluding hydrogens is 350 g/mol. The fourth-order valence-corrected chi connectivity index (χ4v) is 4.57. The number of anilines is 1. The highest BCUT2D eigenvalue weighted by Gasteiger charge is 2.41. The van der Waals surface area contributed by atoms with Crippen molar-refractivity contribution < 1.29 is 9.59 Å². The maximum atomic E-state index is 13.2. The number of imide groups is 1. The van der Waals surface area contributed by atoms with Crippen LogP contribution in [0.1, 0.15) is 36.3 Å². The smallest absolute Gasteiger partial charge is 0.325 e. The van der Waals surface area contributed by atoms with E-state index in [1.54, 1.807) is 12.3 Å². The molecule has 5 rings (SSSR count). The van der Waals surface area contributed by atoms with Crippen LogP contribution >= 0.6 is 0 Å². The first-order valence-electron chi connectivity index (χ1n) is 9.78. The van der Waals surface area contributed by atoms with E-state index in [1.807, 2.05) is 24.3 Å². The van der Waals surface area contributed by atoms with Gasteiger partial charge in [0.25, 0.3) is 5.91 Å². The molecule has 1 saturated heterocycles. The molecule has 1 aromatic heterocycles. The van der Waals surface area contributed by atoms with Gasteiger partial charge in [-0.2, -0.15) is 0 Å². The third-order valence-corrected chi connectivity index (χ3v) is 5.89. The van der Waals surface area contributed by atoms with E-state index in [0.29, 0.717) is 23.5 Å². The second-order valence-corrected chi connectivity index (χ2v) is 7.55. The van der Waals surface area contributed by atoms with Crippen LogP contribution < -0.4 is 10.2 Å². The van der Waals surface area contributed by atoms with Gasteiger partial charge >= 0.3 is 6.03 Å². The lowest BCUT2D eigenvalue weighted by atomic mass is 9.79. The largest absolute Gasteiger partial charge is 0.329 e. The van der Waals surface area contributed by atoms with Crippen LogP contribution in [0.15, 0.2) is 60.8 Å². The Kier molecular flexibility index (Phi) is 4.08. The van der Waals surface area contributed by atoms with E-state index in [2.05, 4.69) is 34.6 Å². The van der Waals surface area contributed by atoms with Crippen molar-refractivity contribution in [3.05, 3.63) is 71.9 Å². The van der Waals surface area contributed by atoms with Crippen LogP contribution in [0.2, 0.25) is 0 Å². The van der Waals surface area contributed by atoms with Gasteiger partial charge in [-0.05, 0) is 54.9 Å². The van der Waals surface area contributed by atoms with Gasteiger partial charge in [-0.15, -0.1) is 0 Å². The first kappa shape index (κ1) is 16.9. The van der Waals surface area contributed by atoms with E-state index < -0.39 is 6.04 Å². The number of hydrogen-bond donors (Lipinski definition) is 1. The number of para-hydroxylation sites is 1. The molecule has 28 heavy (non-hydrogen) atoms. The molecule has 2 aromatic carbocycles. The fraction of sp³-hybridized carbons (Fsp3) is 0.261. The molecule has 2 unspecified atom stereocenters. The summed E-state index contributed by atoms with van der Waals surface area (Å²) in [6.45, 7) is 0. The number of nitrogens with one attached hydrogen (secondary N) is 1. The van der Waals surface area contributed by atoms with E-state index >= 15 is 0 Å². The van der Waals surface area contributed by atoms with Gasteiger partial charge in [0.2, 0.25) is 0 Å². The van der Waals surface area contributed by atoms with Crippen LogP contribution in [0, 0.1) is 0 Å². The minimum absolute atomic E-state index is 0.189. The zero-order chi connectivity index (χ0) is 19.1. The normalized spacial score (nSPS) is 21.6. The number of carbonyl (C=O) groups is 2. The van der Waals surface area contributed by atoms with E-state index in [9.17, 15) is 9.59 Å². The lowest BCUT2D eigenvalue weighted by Crippen LogP contribution is -2.32. The second kappa shape index (κ2) is 6.75. The number of fused-ring (bicyclic) bond motifs is 2. The number of aromatic nitrogens is 1. The Balaban J connectivity index is 1.44. The molecule has 3 aromatic rings. The molecule has 0 radical (unpaired) electrons. The SMILES string of the molecule is O=C1NC(CC2CCCc3ccccc32)C(=O)N1c1cccc2cccnc12. The van der Waals surface area contributed by atoms with Gasteiger partial charge in [0.15, 0.2) is 0 Å². The summed E-state index contributed by atoms with van der Waals surface area (Å²) < 4.78 is 0. The minimum Gasteiger partial charge on any atom is -0.325 e. The molecule has 3 amide bonds. The Morgan fingerprint density at radius 2 is 1.89 bits per heavy atom. The molecule has 1 aliphatic carbocycles. The molecule has 1 N–H and O–H groups in total. The van der Waals surface area contributed by atoms with Gasteiger partial charge in [-0.25, -0.2) is 9.69 Å². The monoisotopic (exact) mass is 371 g/mol. The molecule has 1 aliphatic heterocycles. The zero-order valence-electron chi connectivity index (χ0n) is 15.5. The summed E-state index contributed by atoms with van der Waals surface area (Å²) >= 11 is 0. The number of hydrogen-bond acceptors (Lipinski definition) is 3. The molecule has 5 nitrogen and oxygen atoms in total. The number of amides is 3. The molecule has 5 heteroatoms. The topological polar surface area (TPSA) is 62.3 Å². The van der Waals surface area contributed by atoms with E-state index in [-0.39, 0.29) is 11.9 Å². The van der Waals surface area contributed by atoms with Crippen LogP contribution in [0.3, 0.4) is 0 Å². The number of rotatable bonds is 3. The van der Waals surface area contributed by atoms with Crippen LogP contribution in [0.25, 0.3) is 10.9 Å². The summed E-state index contributed by atoms with van der Waals surface area (Å²) in [7, 11) is 0. The van der Waals surface area contributed by atoms with Gasteiger partial charge in [0.1, 0.15) is 6.04 Å². The number of carbonyl (C=O) groups excluding carboxylic acids is 2. The number of nitrogens with zero attached hydrogens (tertiary/aromatic N) is 2. The van der Waals surface area contributed by atoms with E-state index in [4.69, 9.17) is 0 Å². The zero-order valence-corrected chi connectivity index (χ0v) is 15.5. The van der Waals surface area contributed by atoms with Gasteiger partial charge in [-0.1, -0.05) is 42.5 Å². The standard InChI is InChI=1S/C23H21N3O2/c27-22-19(14-17-9-3-7-15-6-1-2-11-18(15)17)25-23(28)26(22)20-12-4-8-16-10-5-13-24-21(16)20/h1-2,4-6,8,10-13,17,19H,3,7,9,14H2,(H,25,28). The summed E-state index contributed by atoms with van der Waals surface area (Å²) in [4.78, 5) is 31.5. The number of aryl methyl sites for hydroxylation is 1. The molecule has 140 valence electrons. The summed E-state index contributed by atoms with van der Waals surface area (Å²) in [6.07, 6.45) is 5.57. The lowest BCUT2D eigenvalue weighted by Gasteiger charge is -2.27. The number of urea groups is 1. The summed E-state index contributed by atoms with van der Waals surface area (Å²) in [5.74, 6) is 0.107. The van der Waals surface area contributed by atoms with E-state index in [0.717, 1.165) is 24.6 Å². The second-order valence-electron chi connectivity index (χ2n) is 7.55. The molecule has 2 atom stereocenters.